The van der Waals surface area contributed by atoms with Gasteiger partial charge in [-0.15, -0.1) is 0 Å². The molecule has 1 unspecified atom stereocenters. The molecule has 0 aromatic carbocycles. The third-order valence-corrected chi connectivity index (χ3v) is 4.27. The third-order valence-electron chi connectivity index (χ3n) is 4.27. The number of nitro groups is 1. The number of rotatable bonds is 3. The number of aryl methyl sites for hydroxylation is 1. The van der Waals surface area contributed by atoms with E-state index in [9.17, 15) is 14.9 Å². The Kier molecular flexibility index (Phi) is 5.48. The standard InChI is InChI=1S/C17H29N5O4/c1-16(2,3)26-15(23)19-12-7-8-21(11-17(4,5)9-12)14-13(22(24)25)10-18-20(14)6/h10,12H,7-9,11H2,1-6H3,(H,19,23). The average Bonchev–Trinajstić information content (AvgIpc) is 2.75. The molecule has 0 radical (unpaired) electrons. The number of amides is 1. The third kappa shape index (κ3) is 5.09. The summed E-state index contributed by atoms with van der Waals surface area (Å²) in [5.41, 5.74) is -0.693. The number of hydrogen-bond donors (Lipinski definition) is 1. The van der Waals surface area contributed by atoms with Crippen LogP contribution in [0.25, 0.3) is 0 Å². The van der Waals surface area contributed by atoms with Crippen LogP contribution in [-0.2, 0) is 11.8 Å². The van der Waals surface area contributed by atoms with Crippen molar-refractivity contribution in [2.24, 2.45) is 12.5 Å². The van der Waals surface area contributed by atoms with Gasteiger partial charge in [0.05, 0.1) is 4.92 Å². The first-order valence-electron chi connectivity index (χ1n) is 8.79. The Bertz CT molecular complexity index is 677. The summed E-state index contributed by atoms with van der Waals surface area (Å²) in [6.45, 7) is 10.9. The minimum atomic E-state index is -0.550. The summed E-state index contributed by atoms with van der Waals surface area (Å²) in [6.07, 6.45) is 2.28. The van der Waals surface area contributed by atoms with Gasteiger partial charge in [0.15, 0.2) is 0 Å². The molecule has 0 spiro atoms. The van der Waals surface area contributed by atoms with Crippen LogP contribution in [0.15, 0.2) is 6.20 Å². The molecule has 0 aliphatic carbocycles. The molecular formula is C17H29N5O4. The molecular weight excluding hydrogens is 338 g/mol. The fourth-order valence-corrected chi connectivity index (χ4v) is 3.43. The van der Waals surface area contributed by atoms with Crippen LogP contribution in [-0.4, -0.2) is 45.5 Å². The van der Waals surface area contributed by atoms with Gasteiger partial charge in [0.1, 0.15) is 11.8 Å². The lowest BCUT2D eigenvalue weighted by molar-refractivity contribution is -0.384. The van der Waals surface area contributed by atoms with Crippen LogP contribution in [0.4, 0.5) is 16.3 Å². The second kappa shape index (κ2) is 7.13. The molecule has 1 aliphatic heterocycles. The van der Waals surface area contributed by atoms with Gasteiger partial charge in [0.2, 0.25) is 5.82 Å². The molecule has 0 saturated carbocycles. The molecule has 1 fully saturated rings. The van der Waals surface area contributed by atoms with Crippen LogP contribution >= 0.6 is 0 Å². The van der Waals surface area contributed by atoms with Gasteiger partial charge in [-0.3, -0.25) is 10.1 Å². The maximum absolute atomic E-state index is 12.1. The number of hydrogen-bond acceptors (Lipinski definition) is 6. The summed E-state index contributed by atoms with van der Waals surface area (Å²) in [5, 5.41) is 18.3. The van der Waals surface area contributed by atoms with Gasteiger partial charge >= 0.3 is 11.8 Å². The Balaban J connectivity index is 2.16. The summed E-state index contributed by atoms with van der Waals surface area (Å²) in [4.78, 5) is 25.0. The predicted molar refractivity (Wildman–Crippen MR) is 98.2 cm³/mol. The fraction of sp³-hybridized carbons (Fsp3) is 0.765. The first-order chi connectivity index (χ1) is 11.9. The van der Waals surface area contributed by atoms with E-state index in [1.807, 2.05) is 25.7 Å². The SMILES string of the molecule is Cn1ncc([N+](=O)[O-])c1N1CCC(NC(=O)OC(C)(C)C)CC(C)(C)C1. The Morgan fingerprint density at radius 1 is 1.46 bits per heavy atom. The highest BCUT2D eigenvalue weighted by atomic mass is 16.6. The Morgan fingerprint density at radius 2 is 2.12 bits per heavy atom. The van der Waals surface area contributed by atoms with Crippen molar-refractivity contribution >= 4 is 17.6 Å². The lowest BCUT2D eigenvalue weighted by Gasteiger charge is -2.31. The van der Waals surface area contributed by atoms with Crippen molar-refractivity contribution in [2.75, 3.05) is 18.0 Å². The largest absolute Gasteiger partial charge is 0.444 e. The molecule has 1 aromatic heterocycles. The number of alkyl carbamates (subject to hydrolysis) is 1. The number of nitrogens with zero attached hydrogens (tertiary/aromatic N) is 4. The second-order valence-electron chi connectivity index (χ2n) is 8.66. The van der Waals surface area contributed by atoms with E-state index in [4.69, 9.17) is 4.74 Å². The highest BCUT2D eigenvalue weighted by Crippen LogP contribution is 2.35. The molecule has 1 amide bonds. The van der Waals surface area contributed by atoms with Crippen LogP contribution in [0.3, 0.4) is 0 Å². The van der Waals surface area contributed by atoms with E-state index < -0.39 is 16.6 Å². The van der Waals surface area contributed by atoms with Crippen LogP contribution in [0.5, 0.6) is 0 Å². The van der Waals surface area contributed by atoms with Crippen molar-refractivity contribution in [3.05, 3.63) is 16.3 Å². The van der Waals surface area contributed by atoms with Crippen molar-refractivity contribution in [2.45, 2.75) is 59.1 Å². The van der Waals surface area contributed by atoms with Crippen molar-refractivity contribution in [3.63, 3.8) is 0 Å². The van der Waals surface area contributed by atoms with Gasteiger partial charge in [-0.25, -0.2) is 9.48 Å². The van der Waals surface area contributed by atoms with E-state index in [2.05, 4.69) is 24.3 Å². The van der Waals surface area contributed by atoms with E-state index >= 15 is 0 Å². The number of anilines is 1. The van der Waals surface area contributed by atoms with Crippen LogP contribution < -0.4 is 10.2 Å². The summed E-state index contributed by atoms with van der Waals surface area (Å²) >= 11 is 0. The van der Waals surface area contributed by atoms with Crippen molar-refractivity contribution in [1.29, 1.82) is 0 Å². The van der Waals surface area contributed by atoms with Gasteiger partial charge in [-0.05, 0) is 39.0 Å². The molecule has 9 nitrogen and oxygen atoms in total. The molecule has 146 valence electrons. The molecule has 2 rings (SSSR count). The van der Waals surface area contributed by atoms with Crippen LogP contribution in [0.1, 0.15) is 47.5 Å². The smallest absolute Gasteiger partial charge is 0.407 e. The maximum atomic E-state index is 12.1. The zero-order valence-corrected chi connectivity index (χ0v) is 16.4. The topological polar surface area (TPSA) is 103 Å². The van der Waals surface area contributed by atoms with E-state index in [-0.39, 0.29) is 17.1 Å². The van der Waals surface area contributed by atoms with Crippen molar-refractivity contribution < 1.29 is 14.5 Å². The molecule has 26 heavy (non-hydrogen) atoms. The number of aromatic nitrogens is 2. The van der Waals surface area contributed by atoms with Gasteiger partial charge in [-0.2, -0.15) is 5.10 Å². The van der Waals surface area contributed by atoms with Crippen LogP contribution in [0, 0.1) is 15.5 Å². The van der Waals surface area contributed by atoms with Gasteiger partial charge in [0, 0.05) is 26.2 Å². The molecule has 9 heteroatoms. The van der Waals surface area contributed by atoms with Gasteiger partial charge < -0.3 is 15.0 Å². The average molecular weight is 367 g/mol. The zero-order chi connectivity index (χ0) is 19.7. The predicted octanol–water partition coefficient (Wildman–Crippen LogP) is 2.85. The molecule has 2 heterocycles. The monoisotopic (exact) mass is 367 g/mol. The zero-order valence-electron chi connectivity index (χ0n) is 16.4. The summed E-state index contributed by atoms with van der Waals surface area (Å²) in [6, 6.07) is -0.0582. The van der Waals surface area contributed by atoms with Gasteiger partial charge in [0.25, 0.3) is 0 Å². The minimum Gasteiger partial charge on any atom is -0.444 e. The Morgan fingerprint density at radius 3 is 2.69 bits per heavy atom. The number of carbonyl (C=O) groups is 1. The minimum absolute atomic E-state index is 0.00171. The molecule has 1 saturated heterocycles. The fourth-order valence-electron chi connectivity index (χ4n) is 3.43. The number of carbonyl (C=O) groups excluding carboxylic acids is 1. The molecule has 1 atom stereocenters. The first kappa shape index (κ1) is 20.0. The van der Waals surface area contributed by atoms with E-state index in [1.165, 1.54) is 10.9 Å². The second-order valence-corrected chi connectivity index (χ2v) is 8.66. The Labute approximate surface area is 153 Å². The molecule has 1 aromatic rings. The van der Waals surface area contributed by atoms with Crippen molar-refractivity contribution in [3.8, 4) is 0 Å². The van der Waals surface area contributed by atoms with Gasteiger partial charge in [-0.1, -0.05) is 13.8 Å². The normalized spacial score (nSPS) is 20.4. The number of nitrogens with one attached hydrogen (secondary N) is 1. The maximum Gasteiger partial charge on any atom is 0.407 e. The van der Waals surface area contributed by atoms with Crippen molar-refractivity contribution in [1.82, 2.24) is 15.1 Å². The highest BCUT2D eigenvalue weighted by molar-refractivity contribution is 5.68. The number of ether oxygens (including phenoxy) is 1. The Hall–Kier alpha value is -2.32. The van der Waals surface area contributed by atoms with Crippen LogP contribution in [0.2, 0.25) is 0 Å². The molecule has 0 bridgehead atoms. The quantitative estimate of drug-likeness (QED) is 0.651. The highest BCUT2D eigenvalue weighted by Gasteiger charge is 2.35. The lowest BCUT2D eigenvalue weighted by atomic mass is 9.86. The van der Waals surface area contributed by atoms with E-state index in [0.717, 1.165) is 6.42 Å². The molecule has 1 N–H and O–H groups in total. The van der Waals surface area contributed by atoms with E-state index in [0.29, 0.717) is 25.3 Å². The van der Waals surface area contributed by atoms with E-state index in [1.54, 1.807) is 7.05 Å². The lowest BCUT2D eigenvalue weighted by Crippen LogP contribution is -2.41. The first-order valence-corrected chi connectivity index (χ1v) is 8.79. The summed E-state index contributed by atoms with van der Waals surface area (Å²) in [5.74, 6) is 0.501. The molecule has 1 aliphatic rings. The summed E-state index contributed by atoms with van der Waals surface area (Å²) < 4.78 is 6.89. The summed E-state index contributed by atoms with van der Waals surface area (Å²) in [7, 11) is 1.71.